The number of hydrogen-bond acceptors (Lipinski definition) is 3. The fourth-order valence-corrected chi connectivity index (χ4v) is 2.04. The van der Waals surface area contributed by atoms with Crippen molar-refractivity contribution in [3.8, 4) is 0 Å². The van der Waals surface area contributed by atoms with E-state index >= 15 is 0 Å². The van der Waals surface area contributed by atoms with E-state index in [4.69, 9.17) is 9.47 Å². The van der Waals surface area contributed by atoms with Crippen LogP contribution in [0, 0.1) is 5.92 Å². The van der Waals surface area contributed by atoms with Crippen LogP contribution in [-0.4, -0.2) is 43.5 Å². The second-order valence-corrected chi connectivity index (χ2v) is 5.91. The maximum absolute atomic E-state index is 5.94. The fraction of sp³-hybridized carbons (Fsp3) is 1.00. The van der Waals surface area contributed by atoms with E-state index in [1.807, 2.05) is 13.8 Å². The van der Waals surface area contributed by atoms with Crippen molar-refractivity contribution in [1.82, 2.24) is 4.90 Å². The molecule has 1 unspecified atom stereocenters. The normalized spacial score (nSPS) is 25.6. The van der Waals surface area contributed by atoms with Gasteiger partial charge < -0.3 is 14.4 Å². The zero-order valence-electron chi connectivity index (χ0n) is 14.2. The van der Waals surface area contributed by atoms with E-state index in [9.17, 15) is 0 Å². The summed E-state index contributed by atoms with van der Waals surface area (Å²) in [7, 11) is 2.15. The van der Waals surface area contributed by atoms with Crippen molar-refractivity contribution in [3.05, 3.63) is 0 Å². The highest BCUT2D eigenvalue weighted by molar-refractivity contribution is 4.84. The predicted octanol–water partition coefficient (Wildman–Crippen LogP) is 3.92. The average molecular weight is 273 g/mol. The summed E-state index contributed by atoms with van der Waals surface area (Å²) in [5.74, 6) is 0.618. The minimum Gasteiger partial charge on any atom is -0.347 e. The number of nitrogens with zero attached hydrogens (tertiary/aromatic N) is 1. The van der Waals surface area contributed by atoms with Gasteiger partial charge in [0.05, 0.1) is 12.7 Å². The van der Waals surface area contributed by atoms with Gasteiger partial charge >= 0.3 is 0 Å². The van der Waals surface area contributed by atoms with Gasteiger partial charge in [0.25, 0.3) is 0 Å². The van der Waals surface area contributed by atoms with Gasteiger partial charge in [0.15, 0.2) is 5.79 Å². The number of rotatable bonds is 1. The molecule has 0 N–H and O–H groups in total. The molecule has 2 fully saturated rings. The summed E-state index contributed by atoms with van der Waals surface area (Å²) >= 11 is 0. The molecular weight excluding hydrogens is 238 g/mol. The first-order chi connectivity index (χ1) is 8.97. The Morgan fingerprint density at radius 3 is 2.00 bits per heavy atom. The highest BCUT2D eigenvalue weighted by Gasteiger charge is 2.42. The second kappa shape index (κ2) is 9.73. The molecule has 2 saturated heterocycles. The Morgan fingerprint density at radius 1 is 1.16 bits per heavy atom. The van der Waals surface area contributed by atoms with Gasteiger partial charge in [-0.15, -0.1) is 0 Å². The van der Waals surface area contributed by atoms with Crippen molar-refractivity contribution in [3.63, 3.8) is 0 Å². The van der Waals surface area contributed by atoms with Crippen LogP contribution in [0.5, 0.6) is 0 Å². The summed E-state index contributed by atoms with van der Waals surface area (Å²) in [4.78, 5) is 2.33. The molecule has 0 radical (unpaired) electrons. The summed E-state index contributed by atoms with van der Waals surface area (Å²) in [5.41, 5.74) is 0. The molecule has 0 aromatic heterocycles. The Balaban J connectivity index is 0.000000467. The van der Waals surface area contributed by atoms with E-state index < -0.39 is 0 Å². The minimum absolute atomic E-state index is 0.215. The number of piperidine rings is 1. The fourth-order valence-electron chi connectivity index (χ4n) is 2.04. The summed E-state index contributed by atoms with van der Waals surface area (Å²) in [6.45, 7) is 15.6. The molecule has 1 atom stereocenters. The van der Waals surface area contributed by atoms with Crippen molar-refractivity contribution in [1.29, 1.82) is 0 Å². The average Bonchev–Trinajstić information content (AvgIpc) is 2.79. The third-order valence-corrected chi connectivity index (χ3v) is 3.12. The van der Waals surface area contributed by atoms with E-state index in [2.05, 4.69) is 39.6 Å². The molecule has 2 rings (SSSR count). The number of likely N-dealkylation sites (tertiary alicyclic amines) is 1. The van der Waals surface area contributed by atoms with E-state index in [0.29, 0.717) is 6.10 Å². The largest absolute Gasteiger partial charge is 0.347 e. The lowest BCUT2D eigenvalue weighted by Gasteiger charge is -2.36. The zero-order chi connectivity index (χ0) is 14.9. The molecule has 2 heterocycles. The van der Waals surface area contributed by atoms with Crippen LogP contribution in [-0.2, 0) is 9.47 Å². The molecule has 0 bridgehead atoms. The molecule has 19 heavy (non-hydrogen) atoms. The summed E-state index contributed by atoms with van der Waals surface area (Å²) in [6.07, 6.45) is 3.46. The molecule has 1 spiro atoms. The number of hydrogen-bond donors (Lipinski definition) is 0. The third-order valence-electron chi connectivity index (χ3n) is 3.12. The van der Waals surface area contributed by atoms with Crippen molar-refractivity contribution in [2.24, 2.45) is 5.92 Å². The summed E-state index contributed by atoms with van der Waals surface area (Å²) < 4.78 is 11.7. The highest BCUT2D eigenvalue weighted by atomic mass is 16.7. The molecule has 0 amide bonds. The lowest BCUT2D eigenvalue weighted by Crippen LogP contribution is -2.43. The molecule has 3 nitrogen and oxygen atoms in total. The van der Waals surface area contributed by atoms with Crippen LogP contribution >= 0.6 is 0 Å². The topological polar surface area (TPSA) is 21.7 Å². The molecule has 2 aliphatic heterocycles. The van der Waals surface area contributed by atoms with E-state index in [-0.39, 0.29) is 5.79 Å². The quantitative estimate of drug-likeness (QED) is 0.722. The van der Waals surface area contributed by atoms with Gasteiger partial charge in [0.2, 0.25) is 0 Å². The molecule has 0 aromatic rings. The summed E-state index contributed by atoms with van der Waals surface area (Å²) in [5, 5.41) is 0. The molecule has 0 saturated carbocycles. The smallest absolute Gasteiger partial charge is 0.171 e. The first-order valence-corrected chi connectivity index (χ1v) is 7.98. The molecular formula is C16H35NO2. The first kappa shape index (κ1) is 18.9. The van der Waals surface area contributed by atoms with Gasteiger partial charge in [-0.2, -0.15) is 0 Å². The van der Waals surface area contributed by atoms with E-state index in [1.54, 1.807) is 0 Å². The van der Waals surface area contributed by atoms with Gasteiger partial charge in [0.1, 0.15) is 0 Å². The van der Waals surface area contributed by atoms with Crippen LogP contribution in [0.2, 0.25) is 0 Å². The van der Waals surface area contributed by atoms with Crippen molar-refractivity contribution >= 4 is 0 Å². The van der Waals surface area contributed by atoms with Crippen LogP contribution in [0.3, 0.4) is 0 Å². The van der Waals surface area contributed by atoms with Gasteiger partial charge in [-0.25, -0.2) is 0 Å². The Labute approximate surface area is 120 Å². The van der Waals surface area contributed by atoms with Gasteiger partial charge in [-0.1, -0.05) is 41.5 Å². The van der Waals surface area contributed by atoms with E-state index in [0.717, 1.165) is 44.9 Å². The Hall–Kier alpha value is -0.120. The van der Waals surface area contributed by atoms with Crippen LogP contribution in [0.15, 0.2) is 0 Å². The van der Waals surface area contributed by atoms with Gasteiger partial charge in [-0.3, -0.25) is 0 Å². The zero-order valence-corrected chi connectivity index (χ0v) is 14.2. The number of ether oxygens (including phenoxy) is 2. The van der Waals surface area contributed by atoms with Crippen LogP contribution in [0.1, 0.15) is 60.8 Å². The predicted molar refractivity (Wildman–Crippen MR) is 82.4 cm³/mol. The van der Waals surface area contributed by atoms with Gasteiger partial charge in [-0.05, 0) is 19.4 Å². The Bertz CT molecular complexity index is 208. The Morgan fingerprint density at radius 2 is 1.63 bits per heavy atom. The van der Waals surface area contributed by atoms with Crippen LogP contribution < -0.4 is 0 Å². The van der Waals surface area contributed by atoms with Gasteiger partial charge in [0, 0.05) is 25.9 Å². The monoisotopic (exact) mass is 273 g/mol. The molecule has 116 valence electrons. The third kappa shape index (κ3) is 7.28. The first-order valence-electron chi connectivity index (χ1n) is 7.98. The van der Waals surface area contributed by atoms with E-state index in [1.165, 1.54) is 0 Å². The standard InChI is InChI=1S/C10H19NO2.C4H10.C2H6/c1-3-9-8-12-10(13-9)4-6-11(2)7-5-10;1-4(2)3;1-2/h9H,3-8H2,1-2H3;4H,1-3H3;1-2H3. The van der Waals surface area contributed by atoms with Crippen molar-refractivity contribution < 1.29 is 9.47 Å². The highest BCUT2D eigenvalue weighted by Crippen LogP contribution is 2.34. The molecule has 2 aliphatic rings. The van der Waals surface area contributed by atoms with Crippen LogP contribution in [0.25, 0.3) is 0 Å². The van der Waals surface area contributed by atoms with Crippen molar-refractivity contribution in [2.45, 2.75) is 72.7 Å². The lowest BCUT2D eigenvalue weighted by atomic mass is 10.0. The van der Waals surface area contributed by atoms with Crippen molar-refractivity contribution in [2.75, 3.05) is 26.7 Å². The summed E-state index contributed by atoms with van der Waals surface area (Å²) in [6, 6.07) is 0. The SMILES string of the molecule is CC.CC(C)C.CCC1COC2(CCN(C)CC2)O1. The maximum atomic E-state index is 5.94. The Kier molecular flexibility index (Phi) is 9.67. The molecule has 0 aliphatic carbocycles. The maximum Gasteiger partial charge on any atom is 0.171 e. The second-order valence-electron chi connectivity index (χ2n) is 5.91. The van der Waals surface area contributed by atoms with Crippen LogP contribution in [0.4, 0.5) is 0 Å². The lowest BCUT2D eigenvalue weighted by molar-refractivity contribution is -0.193. The molecule has 0 aromatic carbocycles. The molecule has 3 heteroatoms. The minimum atomic E-state index is -0.215.